The zero-order valence-corrected chi connectivity index (χ0v) is 16.8. The average molecular weight is 426 g/mol. The van der Waals surface area contributed by atoms with E-state index in [1.165, 1.54) is 6.20 Å². The number of ketones is 1. The highest BCUT2D eigenvalue weighted by Gasteiger charge is 2.17. The summed E-state index contributed by atoms with van der Waals surface area (Å²) in [5, 5.41) is 13.0. The Morgan fingerprint density at radius 3 is 2.19 bits per heavy atom. The molecule has 0 bridgehead atoms. The first-order chi connectivity index (χ1) is 15.5. The quantitative estimate of drug-likeness (QED) is 0.433. The number of hydrogen-bond acceptors (Lipinski definition) is 5. The lowest BCUT2D eigenvalue weighted by molar-refractivity contribution is -0.136. The van der Waals surface area contributed by atoms with Gasteiger partial charge in [0.1, 0.15) is 11.4 Å². The molecule has 158 valence electrons. The largest absolute Gasteiger partial charge is 0.481 e. The fourth-order valence-electron chi connectivity index (χ4n) is 3.32. The number of carboxylic acids is 1. The molecule has 0 saturated carbocycles. The van der Waals surface area contributed by atoms with E-state index in [1.807, 2.05) is 6.07 Å². The molecule has 4 aromatic rings. The number of carbonyl (C=O) groups excluding carboxylic acids is 2. The van der Waals surface area contributed by atoms with E-state index >= 15 is 0 Å². The molecular formula is C25H18N2O5. The molecule has 0 aliphatic rings. The van der Waals surface area contributed by atoms with Gasteiger partial charge in [-0.25, -0.2) is 4.79 Å². The maximum Gasteiger partial charge on any atom is 0.417 e. The van der Waals surface area contributed by atoms with E-state index in [2.05, 4.69) is 10.3 Å². The van der Waals surface area contributed by atoms with E-state index in [-0.39, 0.29) is 17.9 Å². The number of nitrogens with one attached hydrogen (secondary N) is 1. The molecule has 0 saturated heterocycles. The van der Waals surface area contributed by atoms with Gasteiger partial charge >= 0.3 is 12.1 Å². The molecule has 0 atom stereocenters. The minimum absolute atomic E-state index is 0.179. The normalized spacial score (nSPS) is 10.5. The van der Waals surface area contributed by atoms with E-state index in [1.54, 1.807) is 72.8 Å². The first kappa shape index (κ1) is 20.7. The molecular weight excluding hydrogens is 408 g/mol. The summed E-state index contributed by atoms with van der Waals surface area (Å²) in [4.78, 5) is 40.5. The third-order valence-electron chi connectivity index (χ3n) is 4.78. The summed E-state index contributed by atoms with van der Waals surface area (Å²) in [5.41, 5.74) is 1.63. The number of carboxylic acid groups (broad SMARTS) is 1. The van der Waals surface area contributed by atoms with Crippen molar-refractivity contribution in [3.05, 3.63) is 102 Å². The van der Waals surface area contributed by atoms with Crippen molar-refractivity contribution in [3.63, 3.8) is 0 Å². The number of anilines is 1. The van der Waals surface area contributed by atoms with Gasteiger partial charge < -0.3 is 9.84 Å². The molecule has 0 spiro atoms. The van der Waals surface area contributed by atoms with Gasteiger partial charge in [0.05, 0.1) is 6.42 Å². The molecule has 32 heavy (non-hydrogen) atoms. The summed E-state index contributed by atoms with van der Waals surface area (Å²) in [6.07, 6.45) is 0.609. The van der Waals surface area contributed by atoms with Crippen molar-refractivity contribution in [1.29, 1.82) is 0 Å². The molecule has 1 amide bonds. The fraction of sp³-hybridized carbons (Fsp3) is 0.0400. The zero-order valence-electron chi connectivity index (χ0n) is 16.8. The monoisotopic (exact) mass is 426 g/mol. The van der Waals surface area contributed by atoms with Crippen LogP contribution in [0.25, 0.3) is 10.8 Å². The summed E-state index contributed by atoms with van der Waals surface area (Å²) in [6, 6.07) is 22.1. The van der Waals surface area contributed by atoms with E-state index < -0.39 is 12.1 Å². The summed E-state index contributed by atoms with van der Waals surface area (Å²) in [7, 11) is 0. The first-order valence-corrected chi connectivity index (χ1v) is 9.78. The van der Waals surface area contributed by atoms with Gasteiger partial charge in [-0.2, -0.15) is 0 Å². The molecule has 0 radical (unpaired) electrons. The Balaban J connectivity index is 1.53. The number of ether oxygens (including phenoxy) is 1. The third-order valence-corrected chi connectivity index (χ3v) is 4.78. The summed E-state index contributed by atoms with van der Waals surface area (Å²) in [6.45, 7) is 0. The Labute approximate surface area is 183 Å². The van der Waals surface area contributed by atoms with Crippen LogP contribution in [0.5, 0.6) is 5.75 Å². The van der Waals surface area contributed by atoms with Gasteiger partial charge in [-0.15, -0.1) is 0 Å². The highest BCUT2D eigenvalue weighted by molar-refractivity contribution is 6.15. The number of carbonyl (C=O) groups is 3. The van der Waals surface area contributed by atoms with E-state index in [0.29, 0.717) is 33.3 Å². The van der Waals surface area contributed by atoms with Gasteiger partial charge in [-0.1, -0.05) is 42.5 Å². The van der Waals surface area contributed by atoms with E-state index in [0.717, 1.165) is 0 Å². The minimum Gasteiger partial charge on any atom is -0.481 e. The second kappa shape index (κ2) is 9.09. The minimum atomic E-state index is -0.968. The number of fused-ring (bicyclic) bond motifs is 1. The summed E-state index contributed by atoms with van der Waals surface area (Å²) < 4.78 is 5.18. The number of pyridine rings is 1. The van der Waals surface area contributed by atoms with Crippen molar-refractivity contribution < 1.29 is 24.2 Å². The van der Waals surface area contributed by atoms with Crippen molar-refractivity contribution in [3.8, 4) is 5.75 Å². The molecule has 0 unspecified atom stereocenters. The van der Waals surface area contributed by atoms with Crippen molar-refractivity contribution in [1.82, 2.24) is 4.98 Å². The number of rotatable bonds is 6. The van der Waals surface area contributed by atoms with Gasteiger partial charge in [-0.3, -0.25) is 19.9 Å². The van der Waals surface area contributed by atoms with Gasteiger partial charge in [0.15, 0.2) is 0 Å². The van der Waals surface area contributed by atoms with Crippen LogP contribution >= 0.6 is 0 Å². The Bertz CT molecular complexity index is 1300. The number of amides is 1. The molecule has 2 N–H and O–H groups in total. The van der Waals surface area contributed by atoms with E-state index in [4.69, 9.17) is 9.84 Å². The Hall–Kier alpha value is -4.52. The fourth-order valence-corrected chi connectivity index (χ4v) is 3.32. The lowest BCUT2D eigenvalue weighted by Crippen LogP contribution is -2.16. The van der Waals surface area contributed by atoms with Gasteiger partial charge in [-0.05, 0) is 47.3 Å². The van der Waals surface area contributed by atoms with Crippen LogP contribution in [0.4, 0.5) is 10.5 Å². The highest BCUT2D eigenvalue weighted by atomic mass is 16.6. The predicted octanol–water partition coefficient (Wildman–Crippen LogP) is 4.70. The standard InChI is InChI=1S/C25H18N2O5/c28-22(29)14-17-15-26-23(21-9-5-4-8-20(17)21)24(30)16-10-12-18(13-11-16)27-25(31)32-19-6-2-1-3-7-19/h1-13,15H,14H2,(H,27,31)(H,28,29). The van der Waals surface area contributed by atoms with Crippen molar-refractivity contribution in [2.75, 3.05) is 5.32 Å². The van der Waals surface area contributed by atoms with Crippen LogP contribution in [0.1, 0.15) is 21.6 Å². The molecule has 7 nitrogen and oxygen atoms in total. The van der Waals surface area contributed by atoms with Crippen LogP contribution in [0.2, 0.25) is 0 Å². The van der Waals surface area contributed by atoms with E-state index in [9.17, 15) is 14.4 Å². The van der Waals surface area contributed by atoms with Crippen LogP contribution in [0, 0.1) is 0 Å². The van der Waals surface area contributed by atoms with Crippen molar-refractivity contribution in [2.24, 2.45) is 0 Å². The molecule has 0 aliphatic heterocycles. The van der Waals surface area contributed by atoms with Gasteiger partial charge in [0.2, 0.25) is 5.78 Å². The van der Waals surface area contributed by atoms with Crippen LogP contribution in [0.3, 0.4) is 0 Å². The van der Waals surface area contributed by atoms with Gasteiger partial charge in [0.25, 0.3) is 0 Å². The first-order valence-electron chi connectivity index (χ1n) is 9.78. The number of aromatic nitrogens is 1. The smallest absolute Gasteiger partial charge is 0.417 e. The lowest BCUT2D eigenvalue weighted by Gasteiger charge is -2.10. The molecule has 0 fully saturated rings. The summed E-state index contributed by atoms with van der Waals surface area (Å²) >= 11 is 0. The molecule has 1 heterocycles. The number of nitrogens with zero attached hydrogens (tertiary/aromatic N) is 1. The van der Waals surface area contributed by atoms with Crippen LogP contribution in [-0.2, 0) is 11.2 Å². The maximum absolute atomic E-state index is 13.1. The molecule has 0 aliphatic carbocycles. The highest BCUT2D eigenvalue weighted by Crippen LogP contribution is 2.24. The number of benzene rings is 3. The van der Waals surface area contributed by atoms with Crippen molar-refractivity contribution >= 4 is 34.3 Å². The third kappa shape index (κ3) is 4.62. The van der Waals surface area contributed by atoms with Crippen molar-refractivity contribution in [2.45, 2.75) is 6.42 Å². The Morgan fingerprint density at radius 1 is 0.844 bits per heavy atom. The molecule has 4 rings (SSSR count). The SMILES string of the molecule is O=C(O)Cc1cnc(C(=O)c2ccc(NC(=O)Oc3ccccc3)cc2)c2ccccc12. The summed E-state index contributed by atoms with van der Waals surface area (Å²) in [5.74, 6) is -0.854. The zero-order chi connectivity index (χ0) is 22.5. The second-order valence-electron chi connectivity index (χ2n) is 6.98. The Kier molecular flexibility index (Phi) is 5.89. The number of hydrogen-bond donors (Lipinski definition) is 2. The van der Waals surface area contributed by atoms with Gasteiger partial charge in [0, 0.05) is 22.8 Å². The van der Waals surface area contributed by atoms with Crippen LogP contribution in [-0.4, -0.2) is 27.9 Å². The number of aliphatic carboxylic acids is 1. The van der Waals surface area contributed by atoms with Crippen LogP contribution in [0.15, 0.2) is 85.1 Å². The molecule has 1 aromatic heterocycles. The molecule has 7 heteroatoms. The lowest BCUT2D eigenvalue weighted by atomic mass is 9.98. The molecule has 3 aromatic carbocycles. The predicted molar refractivity (Wildman–Crippen MR) is 119 cm³/mol. The van der Waals surface area contributed by atoms with Crippen LogP contribution < -0.4 is 10.1 Å². The number of para-hydroxylation sites is 1. The second-order valence-corrected chi connectivity index (χ2v) is 6.98. The maximum atomic E-state index is 13.1. The topological polar surface area (TPSA) is 106 Å². The Morgan fingerprint density at radius 2 is 1.50 bits per heavy atom. The average Bonchev–Trinajstić information content (AvgIpc) is 2.80.